The molecule has 0 aliphatic heterocycles. The second-order valence-electron chi connectivity index (χ2n) is 7.56. The van der Waals surface area contributed by atoms with E-state index in [1.54, 1.807) is 0 Å². The second kappa shape index (κ2) is 5.58. The molecule has 0 amide bonds. The number of allylic oxidation sites excluding steroid dienone is 1. The number of rotatable bonds is 3. The van der Waals surface area contributed by atoms with Gasteiger partial charge in [0.2, 0.25) is 0 Å². The Bertz CT molecular complexity index is 1240. The Balaban J connectivity index is 1.38. The summed E-state index contributed by atoms with van der Waals surface area (Å²) in [5, 5.41) is 1.38. The van der Waals surface area contributed by atoms with Crippen LogP contribution in [0.4, 0.5) is 0 Å². The van der Waals surface area contributed by atoms with Crippen LogP contribution < -0.4 is 5.73 Å². The lowest BCUT2D eigenvalue weighted by molar-refractivity contribution is 0.982. The summed E-state index contributed by atoms with van der Waals surface area (Å²) in [6.07, 6.45) is 5.22. The van der Waals surface area contributed by atoms with Gasteiger partial charge in [0.25, 0.3) is 0 Å². The van der Waals surface area contributed by atoms with Crippen LogP contribution in [-0.2, 0) is 19.3 Å². The summed E-state index contributed by atoms with van der Waals surface area (Å²) in [6.45, 7) is 0. The van der Waals surface area contributed by atoms with Crippen molar-refractivity contribution in [3.05, 3.63) is 87.9 Å². The molecular weight excluding hydrogens is 346 g/mol. The van der Waals surface area contributed by atoms with E-state index in [0.717, 1.165) is 25.0 Å². The molecule has 1 aromatic heterocycles. The van der Waals surface area contributed by atoms with Crippen molar-refractivity contribution < 1.29 is 0 Å². The minimum absolute atomic E-state index is 0.892. The van der Waals surface area contributed by atoms with E-state index < -0.39 is 0 Å². The number of benzene rings is 3. The Hall–Kier alpha value is -2.84. The monoisotopic (exact) mass is 365 g/mol. The van der Waals surface area contributed by atoms with Gasteiger partial charge in [-0.2, -0.15) is 0 Å². The zero-order valence-corrected chi connectivity index (χ0v) is 15.8. The molecule has 27 heavy (non-hydrogen) atoms. The molecule has 2 aliphatic carbocycles. The predicted molar refractivity (Wildman–Crippen MR) is 116 cm³/mol. The Morgan fingerprint density at radius 3 is 2.56 bits per heavy atom. The first-order valence-corrected chi connectivity index (χ1v) is 10.3. The molecule has 0 radical (unpaired) electrons. The molecule has 2 aliphatic rings. The largest absolute Gasteiger partial charge is 0.402 e. The third-order valence-electron chi connectivity index (χ3n) is 5.85. The quantitative estimate of drug-likeness (QED) is 0.405. The molecule has 0 saturated carbocycles. The lowest BCUT2D eigenvalue weighted by atomic mass is 9.76. The highest BCUT2D eigenvalue weighted by Gasteiger charge is 2.30. The Labute approximate surface area is 162 Å². The molecule has 0 unspecified atom stereocenters. The standard InChI is InChI=1S/C25H19NS/c26-18-12-16-7-10-20-23(22(16)14-18)21-11-8-17-13-19(27-25(17)24(20)21)9-6-15-4-2-1-3-5-15/h1-5,7-8,10-13H,6,9,14,26H2. The van der Waals surface area contributed by atoms with Crippen molar-refractivity contribution in [3.8, 4) is 22.3 Å². The first-order valence-electron chi connectivity index (χ1n) is 9.50. The van der Waals surface area contributed by atoms with Crippen LogP contribution in [0, 0.1) is 0 Å². The van der Waals surface area contributed by atoms with Crippen LogP contribution >= 0.6 is 11.3 Å². The van der Waals surface area contributed by atoms with E-state index in [1.807, 2.05) is 11.3 Å². The summed E-state index contributed by atoms with van der Waals surface area (Å²) in [5.41, 5.74) is 16.9. The number of aryl methyl sites for hydroxylation is 2. The van der Waals surface area contributed by atoms with Gasteiger partial charge in [0.1, 0.15) is 0 Å². The van der Waals surface area contributed by atoms with Gasteiger partial charge >= 0.3 is 0 Å². The molecule has 4 aromatic rings. The van der Waals surface area contributed by atoms with Crippen LogP contribution in [0.2, 0.25) is 0 Å². The maximum atomic E-state index is 6.09. The maximum Gasteiger partial charge on any atom is 0.0430 e. The van der Waals surface area contributed by atoms with Crippen molar-refractivity contribution in [1.82, 2.24) is 0 Å². The van der Waals surface area contributed by atoms with Gasteiger partial charge in [-0.3, -0.25) is 0 Å². The zero-order chi connectivity index (χ0) is 18.0. The van der Waals surface area contributed by atoms with Crippen LogP contribution in [0.3, 0.4) is 0 Å². The van der Waals surface area contributed by atoms with Gasteiger partial charge in [-0.15, -0.1) is 11.3 Å². The van der Waals surface area contributed by atoms with Gasteiger partial charge in [-0.05, 0) is 63.8 Å². The molecule has 0 fully saturated rings. The smallest absolute Gasteiger partial charge is 0.0430 e. The first kappa shape index (κ1) is 15.2. The van der Waals surface area contributed by atoms with Crippen LogP contribution in [0.25, 0.3) is 38.4 Å². The summed E-state index contributed by atoms with van der Waals surface area (Å²) in [5.74, 6) is 0. The van der Waals surface area contributed by atoms with Crippen molar-refractivity contribution in [1.29, 1.82) is 0 Å². The van der Waals surface area contributed by atoms with Gasteiger partial charge in [-0.25, -0.2) is 0 Å². The molecule has 130 valence electrons. The fraction of sp³-hybridized carbons (Fsp3) is 0.120. The molecule has 3 aromatic carbocycles. The summed E-state index contributed by atoms with van der Waals surface area (Å²) < 4.78 is 1.45. The number of thiophene rings is 1. The molecular formula is C25H19NS. The molecule has 2 N–H and O–H groups in total. The highest BCUT2D eigenvalue weighted by Crippen LogP contribution is 2.55. The SMILES string of the molecule is NC1=Cc2ccc3c(c2C1)-c1ccc2cc(CCc4ccccc4)sc2c1-3. The number of hydrogen-bond acceptors (Lipinski definition) is 2. The summed E-state index contributed by atoms with van der Waals surface area (Å²) >= 11 is 1.97. The predicted octanol–water partition coefficient (Wildman–Crippen LogP) is 6.19. The molecule has 1 nitrogen and oxygen atoms in total. The molecule has 0 bridgehead atoms. The average molecular weight is 366 g/mol. The minimum atomic E-state index is 0.892. The average Bonchev–Trinajstić information content (AvgIpc) is 3.24. The van der Waals surface area contributed by atoms with Gasteiger partial charge in [0.15, 0.2) is 0 Å². The first-order chi connectivity index (χ1) is 13.3. The second-order valence-corrected chi connectivity index (χ2v) is 8.69. The molecule has 1 heterocycles. The lowest BCUT2D eigenvalue weighted by Gasteiger charge is -2.27. The van der Waals surface area contributed by atoms with Crippen molar-refractivity contribution in [3.63, 3.8) is 0 Å². The molecule has 6 rings (SSSR count). The maximum absolute atomic E-state index is 6.09. The van der Waals surface area contributed by atoms with E-state index in [1.165, 1.54) is 53.9 Å². The van der Waals surface area contributed by atoms with Crippen LogP contribution in [0.5, 0.6) is 0 Å². The summed E-state index contributed by atoms with van der Waals surface area (Å²) in [6, 6.07) is 22.3. The van der Waals surface area contributed by atoms with E-state index in [2.05, 4.69) is 66.7 Å². The van der Waals surface area contributed by atoms with Crippen LogP contribution in [0.1, 0.15) is 21.6 Å². The van der Waals surface area contributed by atoms with E-state index in [0.29, 0.717) is 0 Å². The lowest BCUT2D eigenvalue weighted by Crippen LogP contribution is -2.04. The molecule has 0 atom stereocenters. The van der Waals surface area contributed by atoms with E-state index in [4.69, 9.17) is 5.73 Å². The fourth-order valence-electron chi connectivity index (χ4n) is 4.57. The summed E-state index contributed by atoms with van der Waals surface area (Å²) in [7, 11) is 0. The third kappa shape index (κ3) is 2.23. The number of hydrogen-bond donors (Lipinski definition) is 1. The zero-order valence-electron chi connectivity index (χ0n) is 15.0. The topological polar surface area (TPSA) is 26.0 Å². The van der Waals surface area contributed by atoms with Gasteiger partial charge in [0.05, 0.1) is 0 Å². The van der Waals surface area contributed by atoms with Crippen molar-refractivity contribution in [2.45, 2.75) is 19.3 Å². The van der Waals surface area contributed by atoms with Crippen molar-refractivity contribution in [2.24, 2.45) is 5.73 Å². The van der Waals surface area contributed by atoms with Gasteiger partial charge < -0.3 is 5.73 Å². The normalized spacial score (nSPS) is 13.7. The van der Waals surface area contributed by atoms with Crippen LogP contribution in [0.15, 0.2) is 66.4 Å². The minimum Gasteiger partial charge on any atom is -0.402 e. The number of nitrogens with two attached hydrogens (primary N) is 1. The molecule has 0 spiro atoms. The Morgan fingerprint density at radius 2 is 1.67 bits per heavy atom. The van der Waals surface area contributed by atoms with E-state index in [-0.39, 0.29) is 0 Å². The van der Waals surface area contributed by atoms with E-state index >= 15 is 0 Å². The third-order valence-corrected chi connectivity index (χ3v) is 7.08. The molecule has 0 saturated heterocycles. The van der Waals surface area contributed by atoms with Gasteiger partial charge in [-0.1, -0.05) is 54.6 Å². The van der Waals surface area contributed by atoms with Crippen LogP contribution in [-0.4, -0.2) is 0 Å². The van der Waals surface area contributed by atoms with Gasteiger partial charge in [0, 0.05) is 27.3 Å². The highest BCUT2D eigenvalue weighted by molar-refractivity contribution is 7.19. The van der Waals surface area contributed by atoms with Crippen molar-refractivity contribution in [2.75, 3.05) is 0 Å². The Kier molecular flexibility index (Phi) is 3.15. The Morgan fingerprint density at radius 1 is 0.852 bits per heavy atom. The molecule has 2 heteroatoms. The fourth-order valence-corrected chi connectivity index (χ4v) is 5.78. The summed E-state index contributed by atoms with van der Waals surface area (Å²) in [4.78, 5) is 1.47. The van der Waals surface area contributed by atoms with Crippen molar-refractivity contribution >= 4 is 27.5 Å². The number of fused-ring (bicyclic) bond motifs is 8. The van der Waals surface area contributed by atoms with E-state index in [9.17, 15) is 0 Å². The highest BCUT2D eigenvalue weighted by atomic mass is 32.1.